The number of carbonyl (C=O) groups excluding carboxylic acids is 1. The van der Waals surface area contributed by atoms with E-state index in [0.29, 0.717) is 37.1 Å². The number of amides is 1. The number of aliphatic carboxylic acids is 1. The Kier molecular flexibility index (Phi) is 6.93. The quantitative estimate of drug-likeness (QED) is 0.336. The first-order valence-electron chi connectivity index (χ1n) is 13.5. The Morgan fingerprint density at radius 2 is 1.62 bits per heavy atom. The van der Waals surface area contributed by atoms with Crippen molar-refractivity contribution in [2.75, 3.05) is 26.3 Å². The highest BCUT2D eigenvalue weighted by Crippen LogP contribution is 2.52. The van der Waals surface area contributed by atoms with Crippen molar-refractivity contribution >= 4 is 28.0 Å². The summed E-state index contributed by atoms with van der Waals surface area (Å²) in [5.41, 5.74) is 4.99. The molecule has 8 heteroatoms. The molecule has 1 aliphatic heterocycles. The zero-order chi connectivity index (χ0) is 27.0. The Balaban J connectivity index is 1.11. The van der Waals surface area contributed by atoms with Crippen LogP contribution in [0.3, 0.4) is 0 Å². The molecular formula is C31H31BrN2O5. The summed E-state index contributed by atoms with van der Waals surface area (Å²) in [6.07, 6.45) is 5.35. The summed E-state index contributed by atoms with van der Waals surface area (Å²) in [4.78, 5) is 30.8. The molecule has 1 aromatic heterocycles. The molecule has 202 valence electrons. The number of carbonyl (C=O) groups is 2. The van der Waals surface area contributed by atoms with Crippen LogP contribution < -0.4 is 0 Å². The maximum atomic E-state index is 13.2. The lowest BCUT2D eigenvalue weighted by Crippen LogP contribution is -2.42. The zero-order valence-corrected chi connectivity index (χ0v) is 23.2. The number of carboxylic acid groups (broad SMARTS) is 1. The number of aromatic nitrogens is 1. The number of likely N-dealkylation sites (tertiary alicyclic amines) is 1. The van der Waals surface area contributed by atoms with E-state index < -0.39 is 11.6 Å². The third-order valence-electron chi connectivity index (χ3n) is 8.87. The number of rotatable bonds is 6. The number of hydrogen-bond acceptors (Lipinski definition) is 5. The van der Waals surface area contributed by atoms with Gasteiger partial charge >= 0.3 is 12.1 Å². The normalized spacial score (nSPS) is 24.0. The summed E-state index contributed by atoms with van der Waals surface area (Å²) in [6.45, 7) is 1.26. The van der Waals surface area contributed by atoms with Crippen molar-refractivity contribution in [1.29, 1.82) is 0 Å². The van der Waals surface area contributed by atoms with Crippen LogP contribution in [0, 0.1) is 5.41 Å². The molecule has 1 amide bonds. The highest BCUT2D eigenvalue weighted by atomic mass is 79.9. The molecule has 7 nitrogen and oxygen atoms in total. The predicted molar refractivity (Wildman–Crippen MR) is 149 cm³/mol. The van der Waals surface area contributed by atoms with Crippen molar-refractivity contribution in [3.63, 3.8) is 0 Å². The molecule has 0 radical (unpaired) electrons. The Labute approximate surface area is 236 Å². The molecule has 39 heavy (non-hydrogen) atoms. The molecule has 0 atom stereocenters. The Bertz CT molecular complexity index is 1360. The molecule has 1 saturated carbocycles. The molecule has 2 heterocycles. The molecule has 2 aliphatic carbocycles. The van der Waals surface area contributed by atoms with E-state index in [1.807, 2.05) is 41.3 Å². The second kappa shape index (κ2) is 10.4. The average molecular weight is 592 g/mol. The first-order valence-corrected chi connectivity index (χ1v) is 14.3. The van der Waals surface area contributed by atoms with Crippen LogP contribution in [0.2, 0.25) is 0 Å². The zero-order valence-electron chi connectivity index (χ0n) is 21.6. The van der Waals surface area contributed by atoms with Crippen LogP contribution in [0.5, 0.6) is 0 Å². The average Bonchev–Trinajstić information content (AvgIpc) is 3.52. The van der Waals surface area contributed by atoms with Crippen molar-refractivity contribution in [2.45, 2.75) is 43.6 Å². The second-order valence-electron chi connectivity index (χ2n) is 11.0. The van der Waals surface area contributed by atoms with Crippen LogP contribution in [-0.4, -0.2) is 53.4 Å². The molecule has 0 bridgehead atoms. The van der Waals surface area contributed by atoms with Gasteiger partial charge in [-0.25, -0.2) is 14.6 Å². The Morgan fingerprint density at radius 1 is 0.949 bits per heavy atom. The lowest BCUT2D eigenvalue weighted by Gasteiger charge is -2.45. The van der Waals surface area contributed by atoms with Crippen LogP contribution in [0.4, 0.5) is 4.79 Å². The molecule has 1 saturated heterocycles. The smallest absolute Gasteiger partial charge is 0.409 e. The maximum Gasteiger partial charge on any atom is 0.409 e. The number of benzene rings is 2. The molecule has 0 unspecified atom stereocenters. The highest BCUT2D eigenvalue weighted by Gasteiger charge is 2.49. The van der Waals surface area contributed by atoms with Crippen LogP contribution in [0.1, 0.15) is 54.7 Å². The molecule has 3 aliphatic rings. The van der Waals surface area contributed by atoms with Crippen LogP contribution in [0.25, 0.3) is 11.1 Å². The number of nitrogens with zero attached hydrogens (tertiary/aromatic N) is 2. The van der Waals surface area contributed by atoms with E-state index >= 15 is 0 Å². The lowest BCUT2D eigenvalue weighted by atomic mass is 9.66. The van der Waals surface area contributed by atoms with Crippen LogP contribution >= 0.6 is 15.9 Å². The number of hydrogen-bond donors (Lipinski definition) is 1. The third-order valence-corrected chi connectivity index (χ3v) is 9.50. The molecular weight excluding hydrogens is 560 g/mol. The van der Waals surface area contributed by atoms with Crippen molar-refractivity contribution < 1.29 is 24.2 Å². The number of halogens is 1. The highest BCUT2D eigenvalue weighted by molar-refractivity contribution is 9.10. The minimum atomic E-state index is -0.989. The summed E-state index contributed by atoms with van der Waals surface area (Å²) in [5, 5.41) is 9.30. The van der Waals surface area contributed by atoms with Crippen molar-refractivity contribution in [1.82, 2.24) is 9.88 Å². The van der Waals surface area contributed by atoms with E-state index in [4.69, 9.17) is 9.47 Å². The number of carboxylic acids is 1. The summed E-state index contributed by atoms with van der Waals surface area (Å²) < 4.78 is 12.7. The van der Waals surface area contributed by atoms with E-state index in [1.54, 1.807) is 6.20 Å². The minimum absolute atomic E-state index is 0.0175. The molecule has 1 N–H and O–H groups in total. The molecule has 3 aromatic rings. The van der Waals surface area contributed by atoms with Gasteiger partial charge in [-0.15, -0.1) is 0 Å². The SMILES string of the molecule is O=C(O)COC1(c2cccnc2Br)CCC2(CCN(C(=O)OCC3c4ccccc4-c4ccccc43)C2)CC1. The van der Waals surface area contributed by atoms with Gasteiger partial charge in [-0.1, -0.05) is 54.6 Å². The Hall–Kier alpha value is -3.23. The standard InChI is InChI=1S/C31H31BrN2O5/c32-28-26(10-5-16-33-28)31(39-19-27(35)36)13-11-30(12-14-31)15-17-34(20-30)29(37)38-18-25-23-8-3-1-6-21(23)22-7-2-4-9-24(22)25/h1-10,16,25H,11-15,17-20H2,(H,35,36). The van der Waals surface area contributed by atoms with E-state index in [9.17, 15) is 14.7 Å². The van der Waals surface area contributed by atoms with Gasteiger partial charge in [0.1, 0.15) is 17.8 Å². The molecule has 2 fully saturated rings. The van der Waals surface area contributed by atoms with Gasteiger partial charge in [-0.05, 0) is 81.8 Å². The fourth-order valence-corrected chi connectivity index (χ4v) is 7.40. The van der Waals surface area contributed by atoms with E-state index in [2.05, 4.69) is 45.2 Å². The monoisotopic (exact) mass is 590 g/mol. The van der Waals surface area contributed by atoms with E-state index in [-0.39, 0.29) is 24.0 Å². The predicted octanol–water partition coefficient (Wildman–Crippen LogP) is 6.36. The van der Waals surface area contributed by atoms with E-state index in [1.165, 1.54) is 22.3 Å². The largest absolute Gasteiger partial charge is 0.480 e. The van der Waals surface area contributed by atoms with Gasteiger partial charge in [0, 0.05) is 30.8 Å². The minimum Gasteiger partial charge on any atom is -0.480 e. The lowest BCUT2D eigenvalue weighted by molar-refractivity contribution is -0.156. The summed E-state index contributed by atoms with van der Waals surface area (Å²) in [5.74, 6) is -0.950. The number of pyridine rings is 1. The third kappa shape index (κ3) is 4.85. The maximum absolute atomic E-state index is 13.2. The Morgan fingerprint density at radius 3 is 2.26 bits per heavy atom. The van der Waals surface area contributed by atoms with Gasteiger partial charge in [0.15, 0.2) is 0 Å². The van der Waals surface area contributed by atoms with Gasteiger partial charge < -0.3 is 19.5 Å². The van der Waals surface area contributed by atoms with E-state index in [0.717, 1.165) is 24.8 Å². The first-order chi connectivity index (χ1) is 18.9. The van der Waals surface area contributed by atoms with Gasteiger partial charge in [-0.2, -0.15) is 0 Å². The van der Waals surface area contributed by atoms with Crippen LogP contribution in [0.15, 0.2) is 71.5 Å². The molecule has 2 aromatic carbocycles. The number of fused-ring (bicyclic) bond motifs is 3. The fraction of sp³-hybridized carbons (Fsp3) is 0.387. The summed E-state index contributed by atoms with van der Waals surface area (Å²) >= 11 is 3.54. The summed E-state index contributed by atoms with van der Waals surface area (Å²) in [6, 6.07) is 20.5. The van der Waals surface area contributed by atoms with Crippen molar-refractivity contribution in [3.8, 4) is 11.1 Å². The topological polar surface area (TPSA) is 89.0 Å². The van der Waals surface area contributed by atoms with Gasteiger partial charge in [0.05, 0.1) is 5.60 Å². The van der Waals surface area contributed by atoms with Gasteiger partial charge in [-0.3, -0.25) is 0 Å². The fourth-order valence-electron chi connectivity index (χ4n) is 6.79. The van der Waals surface area contributed by atoms with Crippen molar-refractivity contribution in [3.05, 3.63) is 88.2 Å². The van der Waals surface area contributed by atoms with Crippen molar-refractivity contribution in [2.24, 2.45) is 5.41 Å². The van der Waals surface area contributed by atoms with Gasteiger partial charge in [0.25, 0.3) is 0 Å². The second-order valence-corrected chi connectivity index (χ2v) is 11.7. The first kappa shape index (κ1) is 26.0. The van der Waals surface area contributed by atoms with Crippen LogP contribution in [-0.2, 0) is 19.9 Å². The molecule has 6 rings (SSSR count). The molecule has 1 spiro atoms. The van der Waals surface area contributed by atoms with Gasteiger partial charge in [0.2, 0.25) is 0 Å². The summed E-state index contributed by atoms with van der Waals surface area (Å²) in [7, 11) is 0. The number of ether oxygens (including phenoxy) is 2.